The fourth-order valence-electron chi connectivity index (χ4n) is 3.94. The summed E-state index contributed by atoms with van der Waals surface area (Å²) < 4.78 is 5.81. The number of carbonyl (C=O) groups excluding carboxylic acids is 1. The van der Waals surface area contributed by atoms with Crippen molar-refractivity contribution in [2.45, 2.75) is 32.9 Å². The van der Waals surface area contributed by atoms with E-state index in [4.69, 9.17) is 4.74 Å². The topological polar surface area (TPSA) is 41.6 Å². The lowest BCUT2D eigenvalue weighted by atomic mass is 9.99. The number of piperidine rings is 1. The summed E-state index contributed by atoms with van der Waals surface area (Å²) in [4.78, 5) is 14.8. The zero-order valence-corrected chi connectivity index (χ0v) is 19.2. The summed E-state index contributed by atoms with van der Waals surface area (Å²) in [7, 11) is 0. The molecule has 33 heavy (non-hydrogen) atoms. The van der Waals surface area contributed by atoms with Crippen molar-refractivity contribution >= 4 is 17.7 Å². The third-order valence-electron chi connectivity index (χ3n) is 6.06. The number of nitrogens with zero attached hydrogens (tertiary/aromatic N) is 1. The van der Waals surface area contributed by atoms with E-state index in [1.165, 1.54) is 31.5 Å². The molecule has 4 heteroatoms. The fraction of sp³-hybridized carbons (Fsp3) is 0.276. The van der Waals surface area contributed by atoms with Gasteiger partial charge in [0.2, 0.25) is 5.91 Å². The van der Waals surface area contributed by atoms with Crippen molar-refractivity contribution in [3.05, 3.63) is 102 Å². The van der Waals surface area contributed by atoms with Gasteiger partial charge in [-0.25, -0.2) is 0 Å². The molecule has 0 aromatic heterocycles. The van der Waals surface area contributed by atoms with E-state index in [2.05, 4.69) is 29.3 Å². The fourth-order valence-corrected chi connectivity index (χ4v) is 3.94. The van der Waals surface area contributed by atoms with Gasteiger partial charge in [0.1, 0.15) is 12.4 Å². The molecular formula is C29H32N2O2. The van der Waals surface area contributed by atoms with Crippen LogP contribution < -0.4 is 10.1 Å². The third kappa shape index (κ3) is 7.33. The minimum atomic E-state index is -0.142. The van der Waals surface area contributed by atoms with E-state index in [-0.39, 0.29) is 5.91 Å². The number of rotatable bonds is 8. The molecule has 1 aliphatic heterocycles. The van der Waals surface area contributed by atoms with Crippen LogP contribution in [0, 0.1) is 5.92 Å². The van der Waals surface area contributed by atoms with Gasteiger partial charge in [0.05, 0.1) is 0 Å². The normalized spacial score (nSPS) is 14.9. The van der Waals surface area contributed by atoms with Crippen LogP contribution in [-0.4, -0.2) is 23.9 Å². The number of hydrogen-bond acceptors (Lipinski definition) is 3. The van der Waals surface area contributed by atoms with Crippen molar-refractivity contribution in [1.29, 1.82) is 0 Å². The number of carbonyl (C=O) groups is 1. The Labute approximate surface area is 196 Å². The van der Waals surface area contributed by atoms with Crippen LogP contribution in [0.3, 0.4) is 0 Å². The molecule has 0 atom stereocenters. The molecule has 1 fully saturated rings. The number of likely N-dealkylation sites (tertiary alicyclic amines) is 1. The number of anilines is 1. The second-order valence-corrected chi connectivity index (χ2v) is 8.82. The van der Waals surface area contributed by atoms with Crippen molar-refractivity contribution in [1.82, 2.24) is 4.90 Å². The van der Waals surface area contributed by atoms with Gasteiger partial charge in [0, 0.05) is 18.3 Å². The zero-order chi connectivity index (χ0) is 22.9. The lowest BCUT2D eigenvalue weighted by Crippen LogP contribution is -2.32. The minimum Gasteiger partial charge on any atom is -0.489 e. The number of benzene rings is 3. The predicted octanol–water partition coefficient (Wildman–Crippen LogP) is 6.15. The first-order valence-electron chi connectivity index (χ1n) is 11.7. The molecule has 3 aromatic carbocycles. The van der Waals surface area contributed by atoms with E-state index in [9.17, 15) is 4.79 Å². The number of nitrogens with one attached hydrogen (secondary N) is 1. The van der Waals surface area contributed by atoms with E-state index >= 15 is 0 Å². The first kappa shape index (κ1) is 22.8. The highest BCUT2D eigenvalue weighted by atomic mass is 16.5. The molecule has 1 saturated heterocycles. The van der Waals surface area contributed by atoms with Crippen LogP contribution in [-0.2, 0) is 17.9 Å². The Kier molecular flexibility index (Phi) is 7.94. The van der Waals surface area contributed by atoms with Crippen molar-refractivity contribution in [2.24, 2.45) is 5.92 Å². The molecule has 1 N–H and O–H groups in total. The predicted molar refractivity (Wildman–Crippen MR) is 135 cm³/mol. The van der Waals surface area contributed by atoms with Crippen molar-refractivity contribution < 1.29 is 9.53 Å². The third-order valence-corrected chi connectivity index (χ3v) is 6.06. The van der Waals surface area contributed by atoms with Gasteiger partial charge < -0.3 is 10.1 Å². The number of ether oxygens (including phenoxy) is 1. The van der Waals surface area contributed by atoms with Gasteiger partial charge in [-0.15, -0.1) is 0 Å². The molecule has 1 amide bonds. The van der Waals surface area contributed by atoms with Crippen LogP contribution in [0.2, 0.25) is 0 Å². The van der Waals surface area contributed by atoms with E-state index in [1.54, 1.807) is 6.08 Å². The Morgan fingerprint density at radius 3 is 2.33 bits per heavy atom. The average molecular weight is 441 g/mol. The Morgan fingerprint density at radius 1 is 0.939 bits per heavy atom. The van der Waals surface area contributed by atoms with Gasteiger partial charge in [0.25, 0.3) is 0 Å². The van der Waals surface area contributed by atoms with Gasteiger partial charge in [0.15, 0.2) is 0 Å². The second kappa shape index (κ2) is 11.5. The zero-order valence-electron chi connectivity index (χ0n) is 19.2. The van der Waals surface area contributed by atoms with Gasteiger partial charge in [-0.3, -0.25) is 9.69 Å². The molecule has 0 unspecified atom stereocenters. The standard InChI is InChI=1S/C29H32N2O2/c1-23-17-19-31(20-18-23)21-25-7-12-27(13-8-25)30-29(32)16-11-24-9-14-28(15-10-24)33-22-26-5-3-2-4-6-26/h2-16,23H,17-22H2,1H3,(H,30,32)/b16-11+. The maximum atomic E-state index is 12.3. The van der Waals surface area contributed by atoms with E-state index in [1.807, 2.05) is 72.8 Å². The summed E-state index contributed by atoms with van der Waals surface area (Å²) in [5.74, 6) is 1.51. The number of hydrogen-bond donors (Lipinski definition) is 1. The molecular weight excluding hydrogens is 408 g/mol. The minimum absolute atomic E-state index is 0.142. The average Bonchev–Trinajstić information content (AvgIpc) is 2.85. The Hall–Kier alpha value is -3.37. The molecule has 4 rings (SSSR count). The highest BCUT2D eigenvalue weighted by molar-refractivity contribution is 6.01. The van der Waals surface area contributed by atoms with Crippen molar-refractivity contribution in [3.63, 3.8) is 0 Å². The van der Waals surface area contributed by atoms with Gasteiger partial charge >= 0.3 is 0 Å². The van der Waals surface area contributed by atoms with Gasteiger partial charge in [-0.05, 0) is 78.9 Å². The summed E-state index contributed by atoms with van der Waals surface area (Å²) in [6.45, 7) is 6.19. The van der Waals surface area contributed by atoms with Crippen molar-refractivity contribution in [3.8, 4) is 5.75 Å². The molecule has 0 bridgehead atoms. The lowest BCUT2D eigenvalue weighted by Gasteiger charge is -2.30. The molecule has 4 nitrogen and oxygen atoms in total. The maximum Gasteiger partial charge on any atom is 0.248 e. The Morgan fingerprint density at radius 2 is 1.64 bits per heavy atom. The SMILES string of the molecule is CC1CCN(Cc2ccc(NC(=O)/C=C/c3ccc(OCc4ccccc4)cc3)cc2)CC1. The highest BCUT2D eigenvalue weighted by Gasteiger charge is 2.15. The first-order valence-corrected chi connectivity index (χ1v) is 11.7. The monoisotopic (exact) mass is 440 g/mol. The first-order chi connectivity index (χ1) is 16.1. The molecule has 170 valence electrons. The summed E-state index contributed by atoms with van der Waals surface area (Å²) in [5, 5.41) is 2.93. The molecule has 0 radical (unpaired) electrons. The molecule has 0 spiro atoms. The molecule has 0 saturated carbocycles. The quantitative estimate of drug-likeness (QED) is 0.427. The Bertz CT molecular complexity index is 1040. The summed E-state index contributed by atoms with van der Waals surface area (Å²) in [6.07, 6.45) is 5.93. The molecule has 3 aromatic rings. The van der Waals surface area contributed by atoms with E-state index in [0.29, 0.717) is 6.61 Å². The van der Waals surface area contributed by atoms with Crippen LogP contribution in [0.1, 0.15) is 36.5 Å². The van der Waals surface area contributed by atoms with Gasteiger partial charge in [-0.2, -0.15) is 0 Å². The summed E-state index contributed by atoms with van der Waals surface area (Å²) in [5.41, 5.74) is 4.17. The van der Waals surface area contributed by atoms with Crippen molar-refractivity contribution in [2.75, 3.05) is 18.4 Å². The van der Waals surface area contributed by atoms with Crippen LogP contribution in [0.15, 0.2) is 84.9 Å². The largest absolute Gasteiger partial charge is 0.489 e. The molecule has 1 aliphatic rings. The lowest BCUT2D eigenvalue weighted by molar-refractivity contribution is -0.111. The second-order valence-electron chi connectivity index (χ2n) is 8.82. The van der Waals surface area contributed by atoms with E-state index in [0.717, 1.165) is 35.0 Å². The highest BCUT2D eigenvalue weighted by Crippen LogP contribution is 2.19. The number of amides is 1. The van der Waals surface area contributed by atoms with Crippen LogP contribution in [0.5, 0.6) is 5.75 Å². The Balaban J connectivity index is 1.23. The smallest absolute Gasteiger partial charge is 0.248 e. The molecule has 0 aliphatic carbocycles. The summed E-state index contributed by atoms with van der Waals surface area (Å²) >= 11 is 0. The van der Waals surface area contributed by atoms with E-state index < -0.39 is 0 Å². The van der Waals surface area contributed by atoms with Crippen LogP contribution >= 0.6 is 0 Å². The van der Waals surface area contributed by atoms with Gasteiger partial charge in [-0.1, -0.05) is 61.5 Å². The summed E-state index contributed by atoms with van der Waals surface area (Å²) in [6, 6.07) is 26.0. The van der Waals surface area contributed by atoms with Crippen LogP contribution in [0.25, 0.3) is 6.08 Å². The van der Waals surface area contributed by atoms with Crippen LogP contribution in [0.4, 0.5) is 5.69 Å². The molecule has 1 heterocycles. The maximum absolute atomic E-state index is 12.3.